The summed E-state index contributed by atoms with van der Waals surface area (Å²) < 4.78 is 39.7. The maximum Gasteiger partial charge on any atom is 0.417 e. The van der Waals surface area contributed by atoms with Crippen LogP contribution in [-0.4, -0.2) is 20.5 Å². The van der Waals surface area contributed by atoms with Crippen molar-refractivity contribution in [3.8, 4) is 0 Å². The highest BCUT2D eigenvalue weighted by molar-refractivity contribution is 5.91. The third-order valence-electron chi connectivity index (χ3n) is 3.39. The van der Waals surface area contributed by atoms with Gasteiger partial charge in [0.15, 0.2) is 11.5 Å². The molecule has 0 aliphatic heterocycles. The molecular formula is C16H11F3N4O2. The van der Waals surface area contributed by atoms with Crippen molar-refractivity contribution >= 4 is 23.1 Å². The number of benzene rings is 1. The number of nitrogens with zero attached hydrogens (tertiary/aromatic N) is 4. The number of hydrogen-bond donors (Lipinski definition) is 1. The minimum absolute atomic E-state index is 0.0311. The number of pyridine rings is 1. The maximum absolute atomic E-state index is 12.9. The third-order valence-corrected chi connectivity index (χ3v) is 3.39. The van der Waals surface area contributed by atoms with Gasteiger partial charge in [-0.15, -0.1) is 10.2 Å². The molecule has 128 valence electrons. The van der Waals surface area contributed by atoms with Gasteiger partial charge in [-0.2, -0.15) is 13.2 Å². The molecule has 0 fully saturated rings. The highest BCUT2D eigenvalue weighted by Crippen LogP contribution is 2.32. The normalized spacial score (nSPS) is 12.2. The minimum atomic E-state index is -4.58. The maximum atomic E-state index is 12.9. The van der Waals surface area contributed by atoms with Gasteiger partial charge in [-0.1, -0.05) is 12.1 Å². The predicted molar refractivity (Wildman–Crippen MR) is 82.5 cm³/mol. The number of imidazole rings is 1. The van der Waals surface area contributed by atoms with E-state index in [2.05, 4.69) is 15.2 Å². The number of carboxylic acid groups (broad SMARTS) is 1. The molecule has 9 heteroatoms. The molecule has 1 N–H and O–H groups in total. The van der Waals surface area contributed by atoms with Crippen LogP contribution in [0.4, 0.5) is 24.7 Å². The van der Waals surface area contributed by atoms with Crippen molar-refractivity contribution in [3.63, 3.8) is 0 Å². The third kappa shape index (κ3) is 3.35. The first kappa shape index (κ1) is 16.6. The van der Waals surface area contributed by atoms with E-state index in [-0.39, 0.29) is 11.5 Å². The van der Waals surface area contributed by atoms with Crippen LogP contribution in [0.15, 0.2) is 52.8 Å². The van der Waals surface area contributed by atoms with Crippen molar-refractivity contribution in [2.75, 3.05) is 0 Å². The van der Waals surface area contributed by atoms with Gasteiger partial charge in [0.25, 0.3) is 0 Å². The van der Waals surface area contributed by atoms with Gasteiger partial charge in [0.05, 0.1) is 11.3 Å². The number of carbonyl (C=O) groups is 1. The summed E-state index contributed by atoms with van der Waals surface area (Å²) in [6.07, 6.45) is -3.83. The molecule has 0 amide bonds. The zero-order valence-corrected chi connectivity index (χ0v) is 12.8. The number of aryl methyl sites for hydroxylation is 1. The Hall–Kier alpha value is -3.23. The average Bonchev–Trinajstić information content (AvgIpc) is 2.90. The molecule has 1 aromatic carbocycles. The first-order valence-electron chi connectivity index (χ1n) is 7.07. The highest BCUT2D eigenvalue weighted by Gasteiger charge is 2.31. The van der Waals surface area contributed by atoms with E-state index >= 15 is 0 Å². The van der Waals surface area contributed by atoms with Crippen LogP contribution < -0.4 is 0 Å². The van der Waals surface area contributed by atoms with E-state index in [1.165, 1.54) is 0 Å². The summed E-state index contributed by atoms with van der Waals surface area (Å²) in [5.41, 5.74) is -0.0358. The number of aromatic carboxylic acids is 1. The number of azo groups is 1. The molecule has 0 bridgehead atoms. The van der Waals surface area contributed by atoms with Crippen molar-refractivity contribution in [1.29, 1.82) is 0 Å². The first-order chi connectivity index (χ1) is 11.8. The Bertz CT molecular complexity index is 993. The zero-order chi connectivity index (χ0) is 18.2. The van der Waals surface area contributed by atoms with Crippen LogP contribution in [-0.2, 0) is 6.18 Å². The molecule has 0 unspecified atom stereocenters. The molecule has 0 atom stereocenters. The Morgan fingerprint density at radius 2 is 1.96 bits per heavy atom. The van der Waals surface area contributed by atoms with Crippen molar-refractivity contribution in [3.05, 3.63) is 59.4 Å². The summed E-state index contributed by atoms with van der Waals surface area (Å²) in [5, 5.41) is 17.0. The molecule has 3 rings (SSSR count). The number of rotatable bonds is 3. The molecule has 2 heterocycles. The molecule has 2 aromatic heterocycles. The quantitative estimate of drug-likeness (QED) is 0.692. The smallest absolute Gasteiger partial charge is 0.417 e. The van der Waals surface area contributed by atoms with Gasteiger partial charge in [-0.3, -0.25) is 4.40 Å². The Morgan fingerprint density at radius 1 is 1.20 bits per heavy atom. The van der Waals surface area contributed by atoms with Crippen LogP contribution in [0.3, 0.4) is 0 Å². The molecule has 0 spiro atoms. The van der Waals surface area contributed by atoms with Crippen LogP contribution in [0.1, 0.15) is 21.6 Å². The van der Waals surface area contributed by atoms with Gasteiger partial charge >= 0.3 is 12.1 Å². The van der Waals surface area contributed by atoms with Crippen LogP contribution in [0.5, 0.6) is 0 Å². The molecule has 0 radical (unpaired) electrons. The summed E-state index contributed by atoms with van der Waals surface area (Å²) in [7, 11) is 0. The van der Waals surface area contributed by atoms with Crippen LogP contribution in [0, 0.1) is 6.92 Å². The fourth-order valence-corrected chi connectivity index (χ4v) is 2.23. The number of halogens is 3. The molecule has 25 heavy (non-hydrogen) atoms. The molecular weight excluding hydrogens is 337 g/mol. The van der Waals surface area contributed by atoms with E-state index in [1.54, 1.807) is 18.2 Å². The second-order valence-electron chi connectivity index (χ2n) is 5.27. The number of aromatic nitrogens is 2. The zero-order valence-electron chi connectivity index (χ0n) is 12.8. The van der Waals surface area contributed by atoms with E-state index < -0.39 is 23.4 Å². The van der Waals surface area contributed by atoms with E-state index in [0.717, 1.165) is 28.3 Å². The van der Waals surface area contributed by atoms with E-state index in [1.807, 2.05) is 13.0 Å². The summed E-state index contributed by atoms with van der Waals surface area (Å²) in [5.74, 6) is -1.69. The summed E-state index contributed by atoms with van der Waals surface area (Å²) >= 11 is 0. The Labute approximate surface area is 139 Å². The molecule has 0 saturated carbocycles. The average molecular weight is 348 g/mol. The second kappa shape index (κ2) is 6.00. The summed E-state index contributed by atoms with van der Waals surface area (Å²) in [6.45, 7) is 1.84. The number of hydrogen-bond acceptors (Lipinski definition) is 4. The fraction of sp³-hybridized carbons (Fsp3) is 0.125. The lowest BCUT2D eigenvalue weighted by atomic mass is 10.2. The van der Waals surface area contributed by atoms with Gasteiger partial charge in [-0.25, -0.2) is 9.78 Å². The second-order valence-corrected chi connectivity index (χ2v) is 5.27. The number of carboxylic acids is 1. The lowest BCUT2D eigenvalue weighted by molar-refractivity contribution is -0.137. The fourth-order valence-electron chi connectivity index (χ4n) is 2.23. The SMILES string of the molecule is Cc1cccc(N=Nc2c(C(=O)O)nc3ccc(C(F)(F)F)cn23)c1. The van der Waals surface area contributed by atoms with Crippen LogP contribution >= 0.6 is 0 Å². The van der Waals surface area contributed by atoms with Crippen molar-refractivity contribution in [2.24, 2.45) is 10.2 Å². The van der Waals surface area contributed by atoms with Gasteiger partial charge in [-0.05, 0) is 36.8 Å². The van der Waals surface area contributed by atoms with E-state index in [9.17, 15) is 23.1 Å². The predicted octanol–water partition coefficient (Wildman–Crippen LogP) is 4.78. The van der Waals surface area contributed by atoms with Crippen LogP contribution in [0.2, 0.25) is 0 Å². The molecule has 0 aliphatic rings. The Kier molecular flexibility index (Phi) is 3.99. The van der Waals surface area contributed by atoms with Crippen LogP contribution in [0.25, 0.3) is 5.65 Å². The van der Waals surface area contributed by atoms with Gasteiger partial charge < -0.3 is 5.11 Å². The number of alkyl halides is 3. The monoisotopic (exact) mass is 348 g/mol. The standard InChI is InChI=1S/C16H11F3N4O2/c1-9-3-2-4-11(7-9)21-22-14-13(15(24)25)20-12-6-5-10(8-23(12)14)16(17,18)19/h2-8H,1H3,(H,24,25). The lowest BCUT2D eigenvalue weighted by Gasteiger charge is -2.06. The summed E-state index contributed by atoms with van der Waals surface area (Å²) in [4.78, 5) is 15.1. The highest BCUT2D eigenvalue weighted by atomic mass is 19.4. The molecule has 0 aliphatic carbocycles. The van der Waals surface area contributed by atoms with Gasteiger partial charge in [0.1, 0.15) is 5.65 Å². The lowest BCUT2D eigenvalue weighted by Crippen LogP contribution is -2.06. The summed E-state index contributed by atoms with van der Waals surface area (Å²) in [6, 6.07) is 8.83. The Balaban J connectivity index is 2.16. The van der Waals surface area contributed by atoms with Crippen molar-refractivity contribution in [1.82, 2.24) is 9.38 Å². The van der Waals surface area contributed by atoms with Crippen molar-refractivity contribution in [2.45, 2.75) is 13.1 Å². The minimum Gasteiger partial charge on any atom is -0.476 e. The first-order valence-corrected chi connectivity index (χ1v) is 7.07. The topological polar surface area (TPSA) is 79.3 Å². The van der Waals surface area contributed by atoms with E-state index in [4.69, 9.17) is 0 Å². The molecule has 3 aromatic rings. The number of fused-ring (bicyclic) bond motifs is 1. The van der Waals surface area contributed by atoms with Gasteiger partial charge in [0, 0.05) is 6.20 Å². The largest absolute Gasteiger partial charge is 0.476 e. The Morgan fingerprint density at radius 3 is 2.60 bits per heavy atom. The van der Waals surface area contributed by atoms with E-state index in [0.29, 0.717) is 5.69 Å². The molecule has 0 saturated heterocycles. The van der Waals surface area contributed by atoms with Crippen molar-refractivity contribution < 1.29 is 23.1 Å². The molecule has 6 nitrogen and oxygen atoms in total. The van der Waals surface area contributed by atoms with Gasteiger partial charge in [0.2, 0.25) is 0 Å².